The van der Waals surface area contributed by atoms with Gasteiger partial charge < -0.3 is 15.0 Å². The van der Waals surface area contributed by atoms with E-state index < -0.39 is 0 Å². The number of likely N-dealkylation sites (N-methyl/N-ethyl adjacent to an activating group) is 1. The third-order valence-electron chi connectivity index (χ3n) is 3.57. The summed E-state index contributed by atoms with van der Waals surface area (Å²) >= 11 is 1.83. The van der Waals surface area contributed by atoms with Crippen LogP contribution in [0.4, 0.5) is 5.13 Å². The minimum absolute atomic E-state index is 0.493. The Balaban J connectivity index is 2.04. The van der Waals surface area contributed by atoms with Crippen molar-refractivity contribution in [3.05, 3.63) is 10.6 Å². The number of nitrogens with one attached hydrogen (secondary N) is 1. The highest BCUT2D eigenvalue weighted by molar-refractivity contribution is 7.15. The fourth-order valence-corrected chi connectivity index (χ4v) is 3.45. The molecular weight excluding hydrogens is 258 g/mol. The van der Waals surface area contributed by atoms with E-state index in [0.29, 0.717) is 6.04 Å². The fraction of sp³-hybridized carbons (Fsp3) is 0.786. The zero-order valence-electron chi connectivity index (χ0n) is 12.2. The van der Waals surface area contributed by atoms with Crippen LogP contribution in [0.2, 0.25) is 0 Å². The van der Waals surface area contributed by atoms with Gasteiger partial charge in [-0.1, -0.05) is 13.8 Å². The standard InChI is InChI=1S/C14H25N3OS/c1-4-7-15-9-13-12(5-2)16-14(19-13)17(3)11-6-8-18-10-11/h11,15H,4-10H2,1-3H3. The Kier molecular flexibility index (Phi) is 5.60. The maximum Gasteiger partial charge on any atom is 0.185 e. The molecule has 5 heteroatoms. The number of nitrogens with zero attached hydrogens (tertiary/aromatic N) is 2. The summed E-state index contributed by atoms with van der Waals surface area (Å²) in [4.78, 5) is 8.48. The molecule has 1 N–H and O–H groups in total. The second kappa shape index (κ2) is 7.22. The summed E-state index contributed by atoms with van der Waals surface area (Å²) in [7, 11) is 2.14. The van der Waals surface area contributed by atoms with E-state index in [1.54, 1.807) is 0 Å². The number of aryl methyl sites for hydroxylation is 1. The van der Waals surface area contributed by atoms with Gasteiger partial charge in [0.05, 0.1) is 18.3 Å². The lowest BCUT2D eigenvalue weighted by molar-refractivity contribution is 0.193. The van der Waals surface area contributed by atoms with Crippen molar-refractivity contribution < 1.29 is 4.74 Å². The van der Waals surface area contributed by atoms with Gasteiger partial charge in [0.1, 0.15) is 0 Å². The van der Waals surface area contributed by atoms with Crippen LogP contribution in [0.3, 0.4) is 0 Å². The Hall–Kier alpha value is -0.650. The maximum atomic E-state index is 5.47. The van der Waals surface area contributed by atoms with E-state index in [-0.39, 0.29) is 0 Å². The monoisotopic (exact) mass is 283 g/mol. The van der Waals surface area contributed by atoms with E-state index in [1.807, 2.05) is 11.3 Å². The third-order valence-corrected chi connectivity index (χ3v) is 4.76. The Morgan fingerprint density at radius 2 is 2.32 bits per heavy atom. The third kappa shape index (κ3) is 3.68. The molecule has 1 aromatic heterocycles. The minimum atomic E-state index is 0.493. The van der Waals surface area contributed by atoms with Gasteiger partial charge in [0.25, 0.3) is 0 Å². The number of thiazole rings is 1. The van der Waals surface area contributed by atoms with E-state index in [0.717, 1.165) is 44.3 Å². The zero-order valence-corrected chi connectivity index (χ0v) is 13.1. The molecule has 19 heavy (non-hydrogen) atoms. The van der Waals surface area contributed by atoms with Gasteiger partial charge in [-0.05, 0) is 25.8 Å². The summed E-state index contributed by atoms with van der Waals surface area (Å²) in [5, 5.41) is 4.61. The summed E-state index contributed by atoms with van der Waals surface area (Å²) in [6.07, 6.45) is 3.29. The molecule has 1 aliphatic rings. The van der Waals surface area contributed by atoms with Crippen molar-refractivity contribution in [3.8, 4) is 0 Å². The molecule has 0 spiro atoms. The number of rotatable bonds is 7. The molecule has 0 amide bonds. The molecule has 2 heterocycles. The first-order valence-corrected chi connectivity index (χ1v) is 8.07. The van der Waals surface area contributed by atoms with Gasteiger partial charge in [-0.15, -0.1) is 11.3 Å². The molecule has 1 saturated heterocycles. The number of hydrogen-bond acceptors (Lipinski definition) is 5. The SMILES string of the molecule is CCCNCc1sc(N(C)C2CCOC2)nc1CC. The molecule has 0 saturated carbocycles. The Morgan fingerprint density at radius 3 is 2.95 bits per heavy atom. The molecule has 1 aliphatic heterocycles. The van der Waals surface area contributed by atoms with Gasteiger partial charge in [-0.3, -0.25) is 0 Å². The van der Waals surface area contributed by atoms with Gasteiger partial charge in [-0.25, -0.2) is 4.98 Å². The molecule has 1 unspecified atom stereocenters. The smallest absolute Gasteiger partial charge is 0.185 e. The first-order chi connectivity index (χ1) is 9.26. The molecule has 4 nitrogen and oxygen atoms in total. The lowest BCUT2D eigenvalue weighted by Crippen LogP contribution is -2.31. The highest BCUT2D eigenvalue weighted by atomic mass is 32.1. The molecule has 108 valence electrons. The predicted octanol–water partition coefficient (Wildman–Crippen LogP) is 2.43. The number of hydrogen-bond donors (Lipinski definition) is 1. The van der Waals surface area contributed by atoms with Crippen LogP contribution in [0.25, 0.3) is 0 Å². The van der Waals surface area contributed by atoms with Crippen molar-refractivity contribution in [1.82, 2.24) is 10.3 Å². The minimum Gasteiger partial charge on any atom is -0.379 e. The lowest BCUT2D eigenvalue weighted by atomic mass is 10.2. The average Bonchev–Trinajstić information content (AvgIpc) is 3.07. The maximum absolute atomic E-state index is 5.47. The first-order valence-electron chi connectivity index (χ1n) is 7.26. The topological polar surface area (TPSA) is 37.4 Å². The molecule has 1 fully saturated rings. The second-order valence-electron chi connectivity index (χ2n) is 5.02. The quantitative estimate of drug-likeness (QED) is 0.780. The second-order valence-corrected chi connectivity index (χ2v) is 6.09. The Bertz CT molecular complexity index is 388. The number of ether oxygens (including phenoxy) is 1. The van der Waals surface area contributed by atoms with Gasteiger partial charge in [0.15, 0.2) is 5.13 Å². The largest absolute Gasteiger partial charge is 0.379 e. The van der Waals surface area contributed by atoms with Crippen LogP contribution in [0.1, 0.15) is 37.3 Å². The van der Waals surface area contributed by atoms with E-state index >= 15 is 0 Å². The van der Waals surface area contributed by atoms with Crippen LogP contribution in [0.5, 0.6) is 0 Å². The highest BCUT2D eigenvalue weighted by Crippen LogP contribution is 2.28. The summed E-state index contributed by atoms with van der Waals surface area (Å²) < 4.78 is 5.47. The predicted molar refractivity (Wildman–Crippen MR) is 81.1 cm³/mol. The molecule has 0 radical (unpaired) electrons. The highest BCUT2D eigenvalue weighted by Gasteiger charge is 2.23. The van der Waals surface area contributed by atoms with Crippen LogP contribution in [0.15, 0.2) is 0 Å². The van der Waals surface area contributed by atoms with Crippen LogP contribution in [-0.4, -0.2) is 37.8 Å². The summed E-state index contributed by atoms with van der Waals surface area (Å²) in [5.41, 5.74) is 1.24. The van der Waals surface area contributed by atoms with Gasteiger partial charge in [-0.2, -0.15) is 0 Å². The van der Waals surface area contributed by atoms with Crippen molar-refractivity contribution in [2.45, 2.75) is 45.7 Å². The van der Waals surface area contributed by atoms with Gasteiger partial charge >= 0.3 is 0 Å². The van der Waals surface area contributed by atoms with E-state index in [9.17, 15) is 0 Å². The lowest BCUT2D eigenvalue weighted by Gasteiger charge is -2.21. The van der Waals surface area contributed by atoms with Crippen molar-refractivity contribution in [2.75, 3.05) is 31.7 Å². The number of aromatic nitrogens is 1. The summed E-state index contributed by atoms with van der Waals surface area (Å²) in [6.45, 7) is 8.11. The van der Waals surface area contributed by atoms with Crippen molar-refractivity contribution >= 4 is 16.5 Å². The van der Waals surface area contributed by atoms with Gasteiger partial charge in [0, 0.05) is 25.1 Å². The van der Waals surface area contributed by atoms with Gasteiger partial charge in [0.2, 0.25) is 0 Å². The molecular formula is C14H25N3OS. The van der Waals surface area contributed by atoms with Crippen molar-refractivity contribution in [1.29, 1.82) is 0 Å². The van der Waals surface area contributed by atoms with Crippen LogP contribution in [-0.2, 0) is 17.7 Å². The van der Waals surface area contributed by atoms with Crippen LogP contribution < -0.4 is 10.2 Å². The first kappa shape index (κ1) is 14.8. The van der Waals surface area contributed by atoms with E-state index in [4.69, 9.17) is 9.72 Å². The van der Waals surface area contributed by atoms with Crippen molar-refractivity contribution in [3.63, 3.8) is 0 Å². The van der Waals surface area contributed by atoms with Crippen LogP contribution in [0, 0.1) is 0 Å². The fourth-order valence-electron chi connectivity index (χ4n) is 2.30. The summed E-state index contributed by atoms with van der Waals surface area (Å²) in [6, 6.07) is 0.493. The Labute approximate surface area is 120 Å². The molecule has 2 rings (SSSR count). The molecule has 1 aromatic rings. The molecule has 1 atom stereocenters. The van der Waals surface area contributed by atoms with Crippen LogP contribution >= 0.6 is 11.3 Å². The van der Waals surface area contributed by atoms with E-state index in [1.165, 1.54) is 17.0 Å². The van der Waals surface area contributed by atoms with E-state index in [2.05, 4.69) is 31.1 Å². The van der Waals surface area contributed by atoms with Crippen molar-refractivity contribution in [2.24, 2.45) is 0 Å². The Morgan fingerprint density at radius 1 is 1.47 bits per heavy atom. The number of anilines is 1. The zero-order chi connectivity index (χ0) is 13.7. The molecule has 0 bridgehead atoms. The molecule has 0 aromatic carbocycles. The molecule has 0 aliphatic carbocycles. The summed E-state index contributed by atoms with van der Waals surface area (Å²) in [5.74, 6) is 0. The normalized spacial score (nSPS) is 19.0. The average molecular weight is 283 g/mol.